The van der Waals surface area contributed by atoms with Crippen LogP contribution in [0.3, 0.4) is 0 Å². The Balaban J connectivity index is 2.14. The Bertz CT molecular complexity index is 644. The van der Waals surface area contributed by atoms with Crippen LogP contribution in [0.2, 0.25) is 0 Å². The molecule has 3 heteroatoms. The molecule has 1 unspecified atom stereocenters. The average Bonchev–Trinajstić information content (AvgIpc) is 2.85. The lowest BCUT2D eigenvalue weighted by Gasteiger charge is -2.19. The predicted molar refractivity (Wildman–Crippen MR) is 83.3 cm³/mol. The van der Waals surface area contributed by atoms with Gasteiger partial charge in [0.15, 0.2) is 0 Å². The molecule has 2 aromatic rings. The van der Waals surface area contributed by atoms with Crippen LogP contribution in [0.25, 0.3) is 0 Å². The first-order valence-corrected chi connectivity index (χ1v) is 7.56. The van der Waals surface area contributed by atoms with E-state index in [0.717, 1.165) is 38.9 Å². The summed E-state index contributed by atoms with van der Waals surface area (Å²) in [4.78, 5) is 0. The van der Waals surface area contributed by atoms with Crippen molar-refractivity contribution in [1.82, 2.24) is 0 Å². The van der Waals surface area contributed by atoms with Crippen LogP contribution in [0.4, 0.5) is 0 Å². The summed E-state index contributed by atoms with van der Waals surface area (Å²) in [6, 6.07) is 10.1. The van der Waals surface area contributed by atoms with Gasteiger partial charge in [-0.3, -0.25) is 0 Å². The second-order valence-electron chi connectivity index (χ2n) is 5.29. The summed E-state index contributed by atoms with van der Waals surface area (Å²) in [5.74, 6) is 0.850. The van der Waals surface area contributed by atoms with Crippen LogP contribution < -0.4 is 4.74 Å². The summed E-state index contributed by atoms with van der Waals surface area (Å²) >= 11 is 3.53. The Morgan fingerprint density at radius 3 is 2.60 bits per heavy atom. The van der Waals surface area contributed by atoms with E-state index in [0.29, 0.717) is 6.61 Å². The lowest BCUT2D eigenvalue weighted by Crippen LogP contribution is -2.06. The number of hydrogen-bond donors (Lipinski definition) is 1. The zero-order valence-corrected chi connectivity index (χ0v) is 13.2. The van der Waals surface area contributed by atoms with Gasteiger partial charge in [-0.25, -0.2) is 0 Å². The molecule has 20 heavy (non-hydrogen) atoms. The van der Waals surface area contributed by atoms with Crippen LogP contribution >= 0.6 is 15.9 Å². The third kappa shape index (κ3) is 2.25. The molecule has 0 spiro atoms. The highest BCUT2D eigenvalue weighted by molar-refractivity contribution is 9.10. The van der Waals surface area contributed by atoms with Gasteiger partial charge in [0.05, 0.1) is 6.61 Å². The van der Waals surface area contributed by atoms with E-state index < -0.39 is 6.10 Å². The number of hydrogen-bond acceptors (Lipinski definition) is 2. The quantitative estimate of drug-likeness (QED) is 0.897. The molecule has 1 heterocycles. The molecule has 2 nitrogen and oxygen atoms in total. The molecule has 0 saturated carbocycles. The van der Waals surface area contributed by atoms with Gasteiger partial charge in [-0.2, -0.15) is 0 Å². The van der Waals surface area contributed by atoms with Crippen molar-refractivity contribution in [3.8, 4) is 5.75 Å². The van der Waals surface area contributed by atoms with Crippen molar-refractivity contribution in [3.05, 3.63) is 62.6 Å². The highest BCUT2D eigenvalue weighted by Gasteiger charge is 2.24. The Hall–Kier alpha value is -1.32. The Morgan fingerprint density at radius 1 is 1.20 bits per heavy atom. The second-order valence-corrected chi connectivity index (χ2v) is 6.21. The molecule has 0 fully saturated rings. The molecule has 2 aromatic carbocycles. The molecule has 0 aliphatic carbocycles. The summed E-state index contributed by atoms with van der Waals surface area (Å²) in [6.45, 7) is 4.76. The lowest BCUT2D eigenvalue weighted by molar-refractivity contribution is 0.212. The summed E-state index contributed by atoms with van der Waals surface area (Å²) in [7, 11) is 0. The van der Waals surface area contributed by atoms with Crippen molar-refractivity contribution >= 4 is 15.9 Å². The maximum absolute atomic E-state index is 10.8. The Kier molecular flexibility index (Phi) is 3.57. The minimum Gasteiger partial charge on any atom is -0.493 e. The fourth-order valence-electron chi connectivity index (χ4n) is 2.92. The normalized spacial score (nSPS) is 14.8. The second kappa shape index (κ2) is 5.23. The predicted octanol–water partition coefficient (Wildman–Crippen LogP) is 4.08. The van der Waals surface area contributed by atoms with Crippen LogP contribution in [0.5, 0.6) is 5.75 Å². The van der Waals surface area contributed by atoms with Crippen molar-refractivity contribution < 1.29 is 9.84 Å². The summed E-state index contributed by atoms with van der Waals surface area (Å²) in [6.07, 6.45) is 0.252. The molecule has 1 N–H and O–H groups in total. The molecule has 0 saturated heterocycles. The standard InChI is InChI=1S/C17H17BrO2/c1-10-4-3-5-11(2)15(10)16(19)14-9-13(18)8-12-6-7-20-17(12)14/h3-5,8-9,16,19H,6-7H2,1-2H3. The van der Waals surface area contributed by atoms with E-state index in [1.165, 1.54) is 5.56 Å². The van der Waals surface area contributed by atoms with Crippen LogP contribution in [-0.4, -0.2) is 11.7 Å². The number of aliphatic hydroxyl groups is 1. The van der Waals surface area contributed by atoms with E-state index in [1.54, 1.807) is 0 Å². The van der Waals surface area contributed by atoms with Gasteiger partial charge in [-0.05, 0) is 48.2 Å². The zero-order valence-electron chi connectivity index (χ0n) is 11.6. The van der Waals surface area contributed by atoms with Gasteiger partial charge in [0.2, 0.25) is 0 Å². The minimum atomic E-state index is -0.652. The smallest absolute Gasteiger partial charge is 0.128 e. The summed E-state index contributed by atoms with van der Waals surface area (Å²) in [5, 5.41) is 10.8. The third-order valence-electron chi connectivity index (χ3n) is 3.89. The number of aryl methyl sites for hydroxylation is 2. The van der Waals surface area contributed by atoms with Gasteiger partial charge in [-0.1, -0.05) is 34.1 Å². The van der Waals surface area contributed by atoms with Gasteiger partial charge in [0, 0.05) is 16.5 Å². The van der Waals surface area contributed by atoms with E-state index >= 15 is 0 Å². The maximum atomic E-state index is 10.8. The molecular formula is C17H17BrO2. The summed E-state index contributed by atoms with van der Waals surface area (Å²) in [5.41, 5.74) is 5.20. The van der Waals surface area contributed by atoms with Crippen molar-refractivity contribution in [3.63, 3.8) is 0 Å². The first-order valence-electron chi connectivity index (χ1n) is 6.77. The Morgan fingerprint density at radius 2 is 1.90 bits per heavy atom. The number of aliphatic hydroxyl groups excluding tert-OH is 1. The number of halogens is 1. The van der Waals surface area contributed by atoms with Crippen molar-refractivity contribution in [1.29, 1.82) is 0 Å². The molecule has 0 aromatic heterocycles. The maximum Gasteiger partial charge on any atom is 0.128 e. The monoisotopic (exact) mass is 332 g/mol. The number of rotatable bonds is 2. The van der Waals surface area contributed by atoms with E-state index in [4.69, 9.17) is 4.74 Å². The van der Waals surface area contributed by atoms with Gasteiger partial charge < -0.3 is 9.84 Å². The first kappa shape index (κ1) is 13.7. The third-order valence-corrected chi connectivity index (χ3v) is 4.35. The molecule has 0 bridgehead atoms. The van der Waals surface area contributed by atoms with E-state index in [-0.39, 0.29) is 0 Å². The van der Waals surface area contributed by atoms with Crippen LogP contribution in [0, 0.1) is 13.8 Å². The Labute approximate surface area is 127 Å². The molecule has 1 aliphatic rings. The van der Waals surface area contributed by atoms with Crippen LogP contribution in [-0.2, 0) is 6.42 Å². The minimum absolute atomic E-state index is 0.652. The largest absolute Gasteiger partial charge is 0.493 e. The van der Waals surface area contributed by atoms with Gasteiger partial charge in [-0.15, -0.1) is 0 Å². The van der Waals surface area contributed by atoms with Gasteiger partial charge >= 0.3 is 0 Å². The van der Waals surface area contributed by atoms with E-state index in [2.05, 4.69) is 22.0 Å². The first-order chi connectivity index (χ1) is 9.58. The number of fused-ring (bicyclic) bond motifs is 1. The fourth-order valence-corrected chi connectivity index (χ4v) is 3.44. The number of benzene rings is 2. The molecular weight excluding hydrogens is 316 g/mol. The molecule has 104 valence electrons. The molecule has 1 atom stereocenters. The van der Waals surface area contributed by atoms with E-state index in [1.807, 2.05) is 38.1 Å². The average molecular weight is 333 g/mol. The van der Waals surface area contributed by atoms with Crippen LogP contribution in [0.1, 0.15) is 33.9 Å². The zero-order chi connectivity index (χ0) is 14.3. The lowest BCUT2D eigenvalue weighted by atomic mass is 9.92. The van der Waals surface area contributed by atoms with Gasteiger partial charge in [0.25, 0.3) is 0 Å². The topological polar surface area (TPSA) is 29.5 Å². The molecule has 3 rings (SSSR count). The molecule has 1 aliphatic heterocycles. The van der Waals surface area contributed by atoms with E-state index in [9.17, 15) is 5.11 Å². The van der Waals surface area contributed by atoms with Crippen molar-refractivity contribution in [2.75, 3.05) is 6.61 Å². The number of ether oxygens (including phenoxy) is 1. The highest BCUT2D eigenvalue weighted by atomic mass is 79.9. The highest BCUT2D eigenvalue weighted by Crippen LogP contribution is 2.40. The summed E-state index contributed by atoms with van der Waals surface area (Å²) < 4.78 is 6.71. The molecule has 0 amide bonds. The SMILES string of the molecule is Cc1cccc(C)c1C(O)c1cc(Br)cc2c1OCC2. The fraction of sp³-hybridized carbons (Fsp3) is 0.294. The van der Waals surface area contributed by atoms with Crippen molar-refractivity contribution in [2.24, 2.45) is 0 Å². The molecule has 0 radical (unpaired) electrons. The van der Waals surface area contributed by atoms with Crippen LogP contribution in [0.15, 0.2) is 34.8 Å². The van der Waals surface area contributed by atoms with Gasteiger partial charge in [0.1, 0.15) is 11.9 Å². The van der Waals surface area contributed by atoms with Crippen molar-refractivity contribution in [2.45, 2.75) is 26.4 Å².